The van der Waals surface area contributed by atoms with E-state index in [4.69, 9.17) is 9.47 Å². The van der Waals surface area contributed by atoms with Crippen LogP contribution < -0.4 is 14.4 Å². The molecule has 2 aliphatic rings. The van der Waals surface area contributed by atoms with Gasteiger partial charge in [0, 0.05) is 38.3 Å². The number of rotatable bonds is 4. The average Bonchev–Trinajstić information content (AvgIpc) is 3.16. The largest absolute Gasteiger partial charge is 0.454 e. The highest BCUT2D eigenvalue weighted by atomic mass is 19.4. The standard InChI is InChI=1S/C16H17F3N2O4/c1-20(5-4-16(17,18)19)15(23)10-6-14(22)21(8-10)11-2-3-12-13(7-11)25-9-24-12/h2-3,7,10H,4-6,8-9H2,1H3. The van der Waals surface area contributed by atoms with Crippen LogP contribution in [0.2, 0.25) is 0 Å². The van der Waals surface area contributed by atoms with Crippen molar-refractivity contribution in [2.24, 2.45) is 5.92 Å². The predicted molar refractivity (Wildman–Crippen MR) is 81.3 cm³/mol. The summed E-state index contributed by atoms with van der Waals surface area (Å²) in [6, 6.07) is 5.02. The van der Waals surface area contributed by atoms with E-state index in [0.29, 0.717) is 17.2 Å². The van der Waals surface area contributed by atoms with Gasteiger partial charge in [-0.15, -0.1) is 0 Å². The lowest BCUT2D eigenvalue weighted by Gasteiger charge is -2.22. The number of hydrogen-bond donors (Lipinski definition) is 0. The van der Waals surface area contributed by atoms with Gasteiger partial charge < -0.3 is 19.3 Å². The molecule has 9 heteroatoms. The number of amides is 2. The predicted octanol–water partition coefficient (Wildman–Crippen LogP) is 2.18. The van der Waals surface area contributed by atoms with Gasteiger partial charge in [0.15, 0.2) is 11.5 Å². The van der Waals surface area contributed by atoms with E-state index in [0.717, 1.165) is 4.90 Å². The highest BCUT2D eigenvalue weighted by molar-refractivity contribution is 6.00. The van der Waals surface area contributed by atoms with Crippen molar-refractivity contribution in [3.8, 4) is 11.5 Å². The van der Waals surface area contributed by atoms with E-state index in [2.05, 4.69) is 0 Å². The molecule has 0 bridgehead atoms. The van der Waals surface area contributed by atoms with Gasteiger partial charge in [-0.2, -0.15) is 13.2 Å². The van der Waals surface area contributed by atoms with Gasteiger partial charge in [0.1, 0.15) is 0 Å². The summed E-state index contributed by atoms with van der Waals surface area (Å²) >= 11 is 0. The van der Waals surface area contributed by atoms with Gasteiger partial charge in [-0.05, 0) is 12.1 Å². The molecule has 2 amide bonds. The van der Waals surface area contributed by atoms with E-state index in [-0.39, 0.29) is 25.7 Å². The SMILES string of the molecule is CN(CCC(F)(F)F)C(=O)C1CC(=O)N(c2ccc3c(c2)OCO3)C1. The topological polar surface area (TPSA) is 59.1 Å². The third-order valence-corrected chi connectivity index (χ3v) is 4.25. The van der Waals surface area contributed by atoms with E-state index in [1.54, 1.807) is 18.2 Å². The first-order valence-corrected chi connectivity index (χ1v) is 7.76. The van der Waals surface area contributed by atoms with E-state index < -0.39 is 31.0 Å². The van der Waals surface area contributed by atoms with E-state index in [1.807, 2.05) is 0 Å². The Hall–Kier alpha value is -2.45. The third kappa shape index (κ3) is 3.80. The minimum Gasteiger partial charge on any atom is -0.454 e. The Morgan fingerprint density at radius 3 is 2.76 bits per heavy atom. The van der Waals surface area contributed by atoms with Gasteiger partial charge >= 0.3 is 6.18 Å². The maximum absolute atomic E-state index is 12.3. The molecule has 1 unspecified atom stereocenters. The van der Waals surface area contributed by atoms with Gasteiger partial charge in [0.25, 0.3) is 0 Å². The first-order chi connectivity index (χ1) is 11.7. The van der Waals surface area contributed by atoms with Crippen LogP contribution in [0.1, 0.15) is 12.8 Å². The molecule has 1 aromatic carbocycles. The molecule has 3 rings (SSSR count). The van der Waals surface area contributed by atoms with Gasteiger partial charge in [0.05, 0.1) is 12.3 Å². The maximum Gasteiger partial charge on any atom is 0.390 e. The molecular formula is C16H17F3N2O4. The van der Waals surface area contributed by atoms with Crippen molar-refractivity contribution in [3.05, 3.63) is 18.2 Å². The van der Waals surface area contributed by atoms with Crippen LogP contribution in [-0.4, -0.2) is 49.8 Å². The molecule has 0 N–H and O–H groups in total. The number of carbonyl (C=O) groups is 2. The molecule has 0 aromatic heterocycles. The molecule has 25 heavy (non-hydrogen) atoms. The zero-order valence-corrected chi connectivity index (χ0v) is 13.5. The van der Waals surface area contributed by atoms with Crippen LogP contribution in [0.3, 0.4) is 0 Å². The van der Waals surface area contributed by atoms with Gasteiger partial charge in [0.2, 0.25) is 18.6 Å². The fraction of sp³-hybridized carbons (Fsp3) is 0.500. The fourth-order valence-corrected chi connectivity index (χ4v) is 2.89. The molecule has 1 fully saturated rings. The lowest BCUT2D eigenvalue weighted by atomic mass is 10.1. The van der Waals surface area contributed by atoms with Crippen LogP contribution in [0.25, 0.3) is 0 Å². The maximum atomic E-state index is 12.3. The molecule has 136 valence electrons. The van der Waals surface area contributed by atoms with Crippen LogP contribution >= 0.6 is 0 Å². The summed E-state index contributed by atoms with van der Waals surface area (Å²) < 4.78 is 47.3. The van der Waals surface area contributed by atoms with Crippen molar-refractivity contribution < 1.29 is 32.2 Å². The second-order valence-electron chi connectivity index (χ2n) is 6.07. The number of ether oxygens (including phenoxy) is 2. The molecule has 0 radical (unpaired) electrons. The lowest BCUT2D eigenvalue weighted by molar-refractivity contribution is -0.146. The smallest absolute Gasteiger partial charge is 0.390 e. The Balaban J connectivity index is 1.65. The second-order valence-corrected chi connectivity index (χ2v) is 6.07. The molecule has 1 aromatic rings. The highest BCUT2D eigenvalue weighted by Gasteiger charge is 2.37. The van der Waals surface area contributed by atoms with Crippen molar-refractivity contribution >= 4 is 17.5 Å². The normalized spacial score (nSPS) is 19.4. The van der Waals surface area contributed by atoms with Gasteiger partial charge in [-0.3, -0.25) is 9.59 Å². The summed E-state index contributed by atoms with van der Waals surface area (Å²) in [5.74, 6) is -0.268. The molecule has 1 saturated heterocycles. The minimum absolute atomic E-state index is 0.0242. The number of fused-ring (bicyclic) bond motifs is 1. The zero-order valence-electron chi connectivity index (χ0n) is 13.5. The molecule has 2 aliphatic heterocycles. The summed E-state index contributed by atoms with van der Waals surface area (Å²) in [4.78, 5) is 27.0. The Kier molecular flexibility index (Phi) is 4.49. The second kappa shape index (κ2) is 6.45. The number of carbonyl (C=O) groups excluding carboxylic acids is 2. The van der Waals surface area contributed by atoms with Crippen molar-refractivity contribution in [2.45, 2.75) is 19.0 Å². The summed E-state index contributed by atoms with van der Waals surface area (Å²) in [6.07, 6.45) is -5.41. The molecule has 0 aliphatic carbocycles. The summed E-state index contributed by atoms with van der Waals surface area (Å²) in [7, 11) is 1.32. The fourth-order valence-electron chi connectivity index (χ4n) is 2.89. The summed E-state index contributed by atoms with van der Waals surface area (Å²) in [5, 5.41) is 0. The quantitative estimate of drug-likeness (QED) is 0.828. The Morgan fingerprint density at radius 2 is 2.04 bits per heavy atom. The highest BCUT2D eigenvalue weighted by Crippen LogP contribution is 2.37. The third-order valence-electron chi connectivity index (χ3n) is 4.25. The zero-order chi connectivity index (χ0) is 18.2. The number of nitrogens with zero attached hydrogens (tertiary/aromatic N) is 2. The first kappa shape index (κ1) is 17.4. The summed E-state index contributed by atoms with van der Waals surface area (Å²) in [6.45, 7) is -0.178. The van der Waals surface area contributed by atoms with Crippen LogP contribution in [0, 0.1) is 5.92 Å². The van der Waals surface area contributed by atoms with Crippen molar-refractivity contribution in [3.63, 3.8) is 0 Å². The first-order valence-electron chi connectivity index (χ1n) is 7.76. The van der Waals surface area contributed by atoms with Crippen LogP contribution in [0.15, 0.2) is 18.2 Å². The molecule has 1 atom stereocenters. The summed E-state index contributed by atoms with van der Waals surface area (Å²) in [5.41, 5.74) is 0.572. The Bertz CT molecular complexity index is 692. The van der Waals surface area contributed by atoms with Crippen LogP contribution in [0.4, 0.5) is 18.9 Å². The van der Waals surface area contributed by atoms with Crippen LogP contribution in [-0.2, 0) is 9.59 Å². The van der Waals surface area contributed by atoms with Crippen molar-refractivity contribution in [1.29, 1.82) is 0 Å². The molecule has 0 saturated carbocycles. The Labute approximate surface area is 142 Å². The Morgan fingerprint density at radius 1 is 1.32 bits per heavy atom. The van der Waals surface area contributed by atoms with E-state index >= 15 is 0 Å². The van der Waals surface area contributed by atoms with Crippen molar-refractivity contribution in [1.82, 2.24) is 4.90 Å². The monoisotopic (exact) mass is 358 g/mol. The average molecular weight is 358 g/mol. The molecule has 0 spiro atoms. The van der Waals surface area contributed by atoms with E-state index in [9.17, 15) is 22.8 Å². The van der Waals surface area contributed by atoms with Gasteiger partial charge in [-0.1, -0.05) is 0 Å². The molecule has 2 heterocycles. The lowest BCUT2D eigenvalue weighted by Crippen LogP contribution is -2.36. The van der Waals surface area contributed by atoms with E-state index in [1.165, 1.54) is 11.9 Å². The number of anilines is 1. The number of alkyl halides is 3. The molecular weight excluding hydrogens is 341 g/mol. The number of benzene rings is 1. The minimum atomic E-state index is -4.32. The van der Waals surface area contributed by atoms with Gasteiger partial charge in [-0.25, -0.2) is 0 Å². The number of hydrogen-bond acceptors (Lipinski definition) is 4. The number of halogens is 3. The molecule has 6 nitrogen and oxygen atoms in total. The van der Waals surface area contributed by atoms with Crippen molar-refractivity contribution in [2.75, 3.05) is 31.8 Å². The van der Waals surface area contributed by atoms with Crippen LogP contribution in [0.5, 0.6) is 11.5 Å².